The average Bonchev–Trinajstić information content (AvgIpc) is 3.58. The lowest BCUT2D eigenvalue weighted by molar-refractivity contribution is 0.592. The van der Waals surface area contributed by atoms with E-state index in [2.05, 4.69) is 35.2 Å². The van der Waals surface area contributed by atoms with Gasteiger partial charge in [0.1, 0.15) is 11.2 Å². The molecular formula is C45H29N4O2P. The van der Waals surface area contributed by atoms with E-state index in [9.17, 15) is 0 Å². The van der Waals surface area contributed by atoms with Gasteiger partial charge in [0.25, 0.3) is 0 Å². The molecule has 0 saturated heterocycles. The summed E-state index contributed by atoms with van der Waals surface area (Å²) in [4.78, 5) is 16.9. The van der Waals surface area contributed by atoms with Crippen molar-refractivity contribution >= 4 is 62.1 Å². The Bertz CT molecular complexity index is 2770. The van der Waals surface area contributed by atoms with Gasteiger partial charge in [-0.2, -0.15) is 0 Å². The zero-order chi connectivity index (χ0) is 34.6. The number of benzene rings is 7. The normalized spacial score (nSPS) is 15.0. The number of fused-ring (bicyclic) bond motifs is 5. The summed E-state index contributed by atoms with van der Waals surface area (Å²) in [6.07, 6.45) is 0. The van der Waals surface area contributed by atoms with E-state index >= 15 is 4.57 Å². The number of rotatable bonds is 5. The van der Waals surface area contributed by atoms with Crippen LogP contribution in [0.1, 0.15) is 0 Å². The second-order valence-corrected chi connectivity index (χ2v) is 15.5. The Balaban J connectivity index is 1.19. The Morgan fingerprint density at radius 1 is 0.442 bits per heavy atom. The van der Waals surface area contributed by atoms with Crippen molar-refractivity contribution in [2.24, 2.45) is 0 Å². The highest BCUT2D eigenvalue weighted by atomic mass is 31.2. The Kier molecular flexibility index (Phi) is 6.98. The molecule has 1 aliphatic rings. The predicted molar refractivity (Wildman–Crippen MR) is 211 cm³/mol. The first-order valence-electron chi connectivity index (χ1n) is 17.1. The van der Waals surface area contributed by atoms with Crippen LogP contribution in [0.3, 0.4) is 0 Å². The number of nitrogens with zero attached hydrogens (tertiary/aromatic N) is 4. The van der Waals surface area contributed by atoms with Gasteiger partial charge in [-0.25, -0.2) is 15.0 Å². The van der Waals surface area contributed by atoms with Gasteiger partial charge in [0, 0.05) is 49.1 Å². The van der Waals surface area contributed by atoms with Gasteiger partial charge in [0.2, 0.25) is 0 Å². The highest BCUT2D eigenvalue weighted by molar-refractivity contribution is 7.86. The van der Waals surface area contributed by atoms with E-state index in [0.717, 1.165) is 60.4 Å². The summed E-state index contributed by atoms with van der Waals surface area (Å²) in [7, 11) is -3.31. The molecule has 0 aliphatic carbocycles. The minimum atomic E-state index is -3.31. The molecule has 1 unspecified atom stereocenters. The Labute approximate surface area is 300 Å². The van der Waals surface area contributed by atoms with Gasteiger partial charge in [0.15, 0.2) is 24.6 Å². The zero-order valence-electron chi connectivity index (χ0n) is 27.8. The fraction of sp³-hybridized carbons (Fsp3) is 0. The average molecular weight is 689 g/mol. The minimum Gasteiger partial charge on any atom is -0.456 e. The second-order valence-electron chi connectivity index (χ2n) is 12.8. The fourth-order valence-electron chi connectivity index (χ4n) is 7.26. The summed E-state index contributed by atoms with van der Waals surface area (Å²) in [5, 5.41) is 4.21. The summed E-state index contributed by atoms with van der Waals surface area (Å²) >= 11 is 0. The molecule has 0 N–H and O–H groups in total. The predicted octanol–water partition coefficient (Wildman–Crippen LogP) is 10.2. The van der Waals surface area contributed by atoms with E-state index < -0.39 is 7.14 Å². The number of anilines is 3. The van der Waals surface area contributed by atoms with E-state index in [1.165, 1.54) is 0 Å². The third kappa shape index (κ3) is 4.80. The minimum absolute atomic E-state index is 0.550. The molecule has 0 bridgehead atoms. The zero-order valence-corrected chi connectivity index (χ0v) is 28.7. The number of aromatic nitrogens is 3. The lowest BCUT2D eigenvalue weighted by Crippen LogP contribution is -2.36. The standard InChI is InChI=1S/C45H29N4O2P/c50-52(34-21-11-4-12-22-34)41-24-14-13-23-37(41)49(33-19-9-3-10-20-33)38-28-36-35-26-25-32(27-39(35)51-40(36)29-42(38)52)45-47-43(30-15-5-1-6-16-30)46-44(48-45)31-17-7-2-8-18-31/h1-29H. The first-order valence-corrected chi connectivity index (χ1v) is 18.8. The number of para-hydroxylation sites is 2. The van der Waals surface area contributed by atoms with Gasteiger partial charge >= 0.3 is 0 Å². The topological polar surface area (TPSA) is 72.1 Å². The molecule has 6 nitrogen and oxygen atoms in total. The van der Waals surface area contributed by atoms with E-state index in [0.29, 0.717) is 28.6 Å². The van der Waals surface area contributed by atoms with Gasteiger partial charge in [-0.3, -0.25) is 0 Å². The van der Waals surface area contributed by atoms with Crippen LogP contribution in [0, 0.1) is 0 Å². The van der Waals surface area contributed by atoms with Crippen LogP contribution in [-0.2, 0) is 4.57 Å². The number of furan rings is 1. The molecule has 9 aromatic rings. The largest absolute Gasteiger partial charge is 0.456 e. The molecule has 1 aliphatic heterocycles. The molecular weight excluding hydrogens is 659 g/mol. The smallest absolute Gasteiger partial charge is 0.175 e. The van der Waals surface area contributed by atoms with Crippen molar-refractivity contribution in [3.05, 3.63) is 176 Å². The van der Waals surface area contributed by atoms with Crippen molar-refractivity contribution in [2.45, 2.75) is 0 Å². The summed E-state index contributed by atoms with van der Waals surface area (Å²) in [5.74, 6) is 1.74. The molecule has 0 saturated carbocycles. The molecule has 0 fully saturated rings. The third-order valence-corrected chi connectivity index (χ3v) is 12.8. The highest BCUT2D eigenvalue weighted by Crippen LogP contribution is 2.55. The van der Waals surface area contributed by atoms with E-state index in [1.807, 2.05) is 146 Å². The van der Waals surface area contributed by atoms with Gasteiger partial charge in [0.05, 0.1) is 11.4 Å². The summed E-state index contributed by atoms with van der Waals surface area (Å²) in [5.41, 5.74) is 6.74. The third-order valence-electron chi connectivity index (χ3n) is 9.70. The Morgan fingerprint density at radius 3 is 1.63 bits per heavy atom. The van der Waals surface area contributed by atoms with Crippen LogP contribution in [0.4, 0.5) is 17.1 Å². The molecule has 0 spiro atoms. The van der Waals surface area contributed by atoms with Crippen molar-refractivity contribution in [3.8, 4) is 34.2 Å². The van der Waals surface area contributed by atoms with Crippen molar-refractivity contribution in [1.29, 1.82) is 0 Å². The fourth-order valence-corrected chi connectivity index (χ4v) is 10.2. The molecule has 7 heteroatoms. The van der Waals surface area contributed by atoms with Crippen LogP contribution in [0.25, 0.3) is 56.1 Å². The van der Waals surface area contributed by atoms with Gasteiger partial charge in [-0.1, -0.05) is 127 Å². The van der Waals surface area contributed by atoms with Crippen molar-refractivity contribution < 1.29 is 8.98 Å². The molecule has 10 rings (SSSR count). The summed E-state index contributed by atoms with van der Waals surface area (Å²) in [6.45, 7) is 0. The van der Waals surface area contributed by atoms with Crippen LogP contribution in [0.15, 0.2) is 180 Å². The molecule has 7 aromatic carbocycles. The van der Waals surface area contributed by atoms with Crippen LogP contribution < -0.4 is 20.8 Å². The van der Waals surface area contributed by atoms with Gasteiger partial charge in [-0.15, -0.1) is 0 Å². The maximum Gasteiger partial charge on any atom is 0.175 e. The molecule has 0 radical (unpaired) electrons. The molecule has 52 heavy (non-hydrogen) atoms. The first-order chi connectivity index (χ1) is 25.6. The molecule has 3 heterocycles. The number of hydrogen-bond donors (Lipinski definition) is 0. The van der Waals surface area contributed by atoms with E-state index in [-0.39, 0.29) is 0 Å². The highest BCUT2D eigenvalue weighted by Gasteiger charge is 2.41. The van der Waals surface area contributed by atoms with E-state index in [1.54, 1.807) is 0 Å². The summed E-state index contributed by atoms with van der Waals surface area (Å²) < 4.78 is 22.4. The second kappa shape index (κ2) is 12.0. The summed E-state index contributed by atoms with van der Waals surface area (Å²) in [6, 6.07) is 58.2. The monoisotopic (exact) mass is 688 g/mol. The quantitative estimate of drug-likeness (QED) is 0.168. The van der Waals surface area contributed by atoms with Crippen LogP contribution >= 0.6 is 7.14 Å². The van der Waals surface area contributed by atoms with Crippen LogP contribution in [0.2, 0.25) is 0 Å². The van der Waals surface area contributed by atoms with Gasteiger partial charge < -0.3 is 13.9 Å². The molecule has 1 atom stereocenters. The Hall–Kier alpha value is -6.62. The lowest BCUT2D eigenvalue weighted by atomic mass is 10.1. The first kappa shape index (κ1) is 30.2. The van der Waals surface area contributed by atoms with Crippen molar-refractivity contribution in [1.82, 2.24) is 15.0 Å². The van der Waals surface area contributed by atoms with E-state index in [4.69, 9.17) is 19.4 Å². The molecule has 246 valence electrons. The maximum atomic E-state index is 15.8. The van der Waals surface area contributed by atoms with Crippen molar-refractivity contribution in [3.63, 3.8) is 0 Å². The molecule has 2 aromatic heterocycles. The van der Waals surface area contributed by atoms with Gasteiger partial charge in [-0.05, 0) is 48.5 Å². The SMILES string of the molecule is O=P1(c2ccccc2)c2ccccc2N(c2ccccc2)c2cc3c(cc21)oc1cc(-c2nc(-c4ccccc4)nc(-c4ccccc4)n2)ccc13. The number of hydrogen-bond acceptors (Lipinski definition) is 6. The lowest BCUT2D eigenvalue weighted by Gasteiger charge is -2.37. The maximum absolute atomic E-state index is 15.8. The Morgan fingerprint density at radius 2 is 0.981 bits per heavy atom. The molecule has 0 amide bonds. The van der Waals surface area contributed by atoms with Crippen LogP contribution in [0.5, 0.6) is 0 Å². The van der Waals surface area contributed by atoms with Crippen molar-refractivity contribution in [2.75, 3.05) is 4.90 Å². The van der Waals surface area contributed by atoms with Crippen LogP contribution in [-0.4, -0.2) is 15.0 Å².